The fraction of sp³-hybridized carbons (Fsp3) is 0.667. The molecule has 186 valence electrons. The molecule has 5 aliphatic rings. The first-order chi connectivity index (χ1) is 17.0. The van der Waals surface area contributed by atoms with Gasteiger partial charge in [0.1, 0.15) is 11.9 Å². The van der Waals surface area contributed by atoms with Gasteiger partial charge >= 0.3 is 0 Å². The molecule has 5 fully saturated rings. The van der Waals surface area contributed by atoms with Crippen molar-refractivity contribution in [2.45, 2.75) is 87.6 Å². The van der Waals surface area contributed by atoms with Gasteiger partial charge in [-0.15, -0.1) is 0 Å². The third-order valence-electron chi connectivity index (χ3n) is 9.18. The van der Waals surface area contributed by atoms with Gasteiger partial charge in [-0.05, 0) is 61.6 Å². The second-order valence-corrected chi connectivity index (χ2v) is 11.3. The summed E-state index contributed by atoms with van der Waals surface area (Å²) < 4.78 is 13.7. The minimum atomic E-state index is -0.725. The summed E-state index contributed by atoms with van der Waals surface area (Å²) >= 11 is 0. The van der Waals surface area contributed by atoms with Crippen LogP contribution in [-0.4, -0.2) is 69.8 Å². The molecule has 0 spiro atoms. The van der Waals surface area contributed by atoms with E-state index in [4.69, 9.17) is 5.73 Å². The molecule has 35 heavy (non-hydrogen) atoms. The van der Waals surface area contributed by atoms with Crippen molar-refractivity contribution in [3.63, 3.8) is 0 Å². The van der Waals surface area contributed by atoms with Gasteiger partial charge in [0, 0.05) is 25.2 Å². The largest absolute Gasteiger partial charge is 0.330 e. The van der Waals surface area contributed by atoms with Crippen molar-refractivity contribution in [1.29, 1.82) is 5.26 Å². The number of hydrogen-bond donors (Lipinski definition) is 1. The summed E-state index contributed by atoms with van der Waals surface area (Å²) in [5.74, 6) is 0.542. The fourth-order valence-electron chi connectivity index (χ4n) is 7.44. The zero-order valence-electron chi connectivity index (χ0n) is 20.1. The highest BCUT2D eigenvalue weighted by molar-refractivity contribution is 5.87. The maximum absolute atomic E-state index is 13.7. The zero-order chi connectivity index (χ0) is 24.3. The number of nitrogens with two attached hydrogens (primary N) is 1. The number of piperidine rings is 1. The molecular weight excluding hydrogens is 445 g/mol. The van der Waals surface area contributed by atoms with Crippen molar-refractivity contribution in [2.24, 2.45) is 17.6 Å². The summed E-state index contributed by atoms with van der Waals surface area (Å²) in [7, 11) is 0. The number of fused-ring (bicyclic) bond motifs is 3. The van der Waals surface area contributed by atoms with Crippen LogP contribution in [-0.2, 0) is 9.59 Å². The molecule has 0 radical (unpaired) electrons. The average Bonchev–Trinajstić information content (AvgIpc) is 3.19. The van der Waals surface area contributed by atoms with Crippen LogP contribution >= 0.6 is 0 Å². The second-order valence-electron chi connectivity index (χ2n) is 11.3. The summed E-state index contributed by atoms with van der Waals surface area (Å²) in [5.41, 5.74) is 7.39. The molecule has 2 bridgehead atoms. The second kappa shape index (κ2) is 8.86. The molecule has 2 N–H and O–H groups in total. The first kappa shape index (κ1) is 22.9. The lowest BCUT2D eigenvalue weighted by Gasteiger charge is -2.43. The van der Waals surface area contributed by atoms with Gasteiger partial charge in [-0.25, -0.2) is 4.39 Å². The van der Waals surface area contributed by atoms with Crippen LogP contribution in [0.4, 0.5) is 4.39 Å². The Kier molecular flexibility index (Phi) is 5.81. The number of nitriles is 1. The SMILES string of the molecule is N#C[C@@H]1CC2C[C@@H]2N1C(=O)[C@@H](N)CN1C[C@@H]2C[C@H]1C(=O)N2[C@H](c1ccc(F)cc1)C1CCCCC1. The number of amides is 2. The summed E-state index contributed by atoms with van der Waals surface area (Å²) in [4.78, 5) is 32.7. The molecule has 2 saturated carbocycles. The van der Waals surface area contributed by atoms with Gasteiger partial charge in [-0.3, -0.25) is 14.5 Å². The molecule has 7 nitrogen and oxygen atoms in total. The van der Waals surface area contributed by atoms with Crippen LogP contribution in [0.3, 0.4) is 0 Å². The Morgan fingerprint density at radius 2 is 1.89 bits per heavy atom. The number of carbonyl (C=O) groups excluding carboxylic acids is 2. The van der Waals surface area contributed by atoms with E-state index in [0.717, 1.165) is 37.7 Å². The first-order valence-corrected chi connectivity index (χ1v) is 13.3. The Bertz CT molecular complexity index is 1040. The molecule has 0 aromatic heterocycles. The van der Waals surface area contributed by atoms with Crippen LogP contribution < -0.4 is 5.73 Å². The number of benzene rings is 1. The van der Waals surface area contributed by atoms with Gasteiger partial charge in [-0.2, -0.15) is 5.26 Å². The molecule has 6 rings (SSSR count). The van der Waals surface area contributed by atoms with Crippen LogP contribution in [0.15, 0.2) is 24.3 Å². The van der Waals surface area contributed by atoms with E-state index in [0.29, 0.717) is 24.9 Å². The van der Waals surface area contributed by atoms with E-state index in [1.54, 1.807) is 4.90 Å². The number of halogens is 1. The predicted octanol–water partition coefficient (Wildman–Crippen LogP) is 2.57. The van der Waals surface area contributed by atoms with Gasteiger partial charge < -0.3 is 15.5 Å². The molecule has 3 heterocycles. The van der Waals surface area contributed by atoms with E-state index in [1.807, 2.05) is 12.1 Å². The van der Waals surface area contributed by atoms with Gasteiger partial charge in [-0.1, -0.05) is 31.4 Å². The first-order valence-electron chi connectivity index (χ1n) is 13.3. The van der Waals surface area contributed by atoms with Crippen molar-refractivity contribution < 1.29 is 14.0 Å². The molecular formula is C27H34FN5O2. The Morgan fingerprint density at radius 3 is 2.57 bits per heavy atom. The molecule has 2 aliphatic carbocycles. The molecule has 2 amide bonds. The molecule has 1 aromatic rings. The average molecular weight is 480 g/mol. The van der Waals surface area contributed by atoms with Crippen LogP contribution in [0, 0.1) is 29.0 Å². The lowest BCUT2D eigenvalue weighted by Crippen LogP contribution is -2.57. The monoisotopic (exact) mass is 479 g/mol. The number of carbonyl (C=O) groups is 2. The standard InChI is InChI=1S/C27H34FN5O2/c28-19-8-6-17(7-9-19)25(16-4-2-1-3-5-16)33-21-12-24(27(33)35)31(14-21)15-22(30)26(34)32-20(13-29)10-18-11-23(18)32/h6-9,16,18,20-25H,1-5,10-12,14-15,30H2/t18?,20-,21-,22-,23-,24-,25-/m0/s1. The van der Waals surface area contributed by atoms with Crippen molar-refractivity contribution in [3.8, 4) is 6.07 Å². The number of hydrogen-bond acceptors (Lipinski definition) is 5. The Labute approximate surface area is 206 Å². The normalized spacial score (nSPS) is 34.1. The van der Waals surface area contributed by atoms with E-state index in [-0.39, 0.29) is 47.8 Å². The number of likely N-dealkylation sites (tertiary alicyclic amines) is 3. The third-order valence-corrected chi connectivity index (χ3v) is 9.18. The van der Waals surface area contributed by atoms with E-state index in [9.17, 15) is 19.2 Å². The van der Waals surface area contributed by atoms with Gasteiger partial charge in [0.15, 0.2) is 0 Å². The topological polar surface area (TPSA) is 93.7 Å². The Hall–Kier alpha value is -2.50. The molecule has 3 saturated heterocycles. The molecule has 1 unspecified atom stereocenters. The van der Waals surface area contributed by atoms with Crippen LogP contribution in [0.2, 0.25) is 0 Å². The minimum Gasteiger partial charge on any atom is -0.330 e. The highest BCUT2D eigenvalue weighted by atomic mass is 19.1. The summed E-state index contributed by atoms with van der Waals surface area (Å²) in [6, 6.07) is 7.82. The van der Waals surface area contributed by atoms with Crippen LogP contribution in [0.1, 0.15) is 63.0 Å². The Morgan fingerprint density at radius 1 is 1.14 bits per heavy atom. The molecule has 8 heteroatoms. The number of nitrogens with zero attached hydrogens (tertiary/aromatic N) is 4. The van der Waals surface area contributed by atoms with E-state index in [1.165, 1.54) is 31.4 Å². The smallest absolute Gasteiger partial charge is 0.242 e. The zero-order valence-corrected chi connectivity index (χ0v) is 20.1. The summed E-state index contributed by atoms with van der Waals surface area (Å²) in [5, 5.41) is 9.44. The molecule has 3 aliphatic heterocycles. The lowest BCUT2D eigenvalue weighted by molar-refractivity contribution is -0.143. The van der Waals surface area contributed by atoms with Crippen molar-refractivity contribution >= 4 is 11.8 Å². The summed E-state index contributed by atoms with van der Waals surface area (Å²) in [6.07, 6.45) is 8.23. The maximum atomic E-state index is 13.7. The quantitative estimate of drug-likeness (QED) is 0.677. The van der Waals surface area contributed by atoms with Crippen molar-refractivity contribution in [3.05, 3.63) is 35.6 Å². The van der Waals surface area contributed by atoms with E-state index < -0.39 is 6.04 Å². The van der Waals surface area contributed by atoms with Crippen molar-refractivity contribution in [1.82, 2.24) is 14.7 Å². The fourth-order valence-corrected chi connectivity index (χ4v) is 7.44. The van der Waals surface area contributed by atoms with E-state index >= 15 is 0 Å². The van der Waals surface area contributed by atoms with Gasteiger partial charge in [0.05, 0.1) is 24.2 Å². The van der Waals surface area contributed by atoms with Crippen LogP contribution in [0.5, 0.6) is 0 Å². The predicted molar refractivity (Wildman–Crippen MR) is 127 cm³/mol. The minimum absolute atomic E-state index is 0.0244. The third kappa shape index (κ3) is 3.93. The molecule has 1 aromatic carbocycles. The highest BCUT2D eigenvalue weighted by Crippen LogP contribution is 2.48. The number of piperazine rings is 1. The Balaban J connectivity index is 1.16. The molecule has 7 atom stereocenters. The van der Waals surface area contributed by atoms with Gasteiger partial charge in [0.2, 0.25) is 11.8 Å². The number of rotatable bonds is 6. The van der Waals surface area contributed by atoms with Gasteiger partial charge in [0.25, 0.3) is 0 Å². The van der Waals surface area contributed by atoms with Crippen LogP contribution in [0.25, 0.3) is 0 Å². The summed E-state index contributed by atoms with van der Waals surface area (Å²) in [6.45, 7) is 1.05. The lowest BCUT2D eigenvalue weighted by atomic mass is 9.80. The van der Waals surface area contributed by atoms with Crippen molar-refractivity contribution in [2.75, 3.05) is 13.1 Å². The highest BCUT2D eigenvalue weighted by Gasteiger charge is 2.56. The van der Waals surface area contributed by atoms with E-state index in [2.05, 4.69) is 15.9 Å². The maximum Gasteiger partial charge on any atom is 0.242 e.